The SMILES string of the molecule is CN(C)C1C2CCC(C2)C1c1cccc(F)c1.Cl. The predicted octanol–water partition coefficient (Wildman–Crippen LogP) is 3.69. The second-order valence-electron chi connectivity index (χ2n) is 5.87. The van der Waals surface area contributed by atoms with Crippen molar-refractivity contribution in [2.24, 2.45) is 11.8 Å². The van der Waals surface area contributed by atoms with Crippen molar-refractivity contribution in [1.29, 1.82) is 0 Å². The molecular weight excluding hydrogens is 249 g/mol. The second-order valence-corrected chi connectivity index (χ2v) is 5.87. The van der Waals surface area contributed by atoms with Gasteiger partial charge in [-0.25, -0.2) is 4.39 Å². The smallest absolute Gasteiger partial charge is 0.123 e. The van der Waals surface area contributed by atoms with Crippen molar-refractivity contribution >= 4 is 12.4 Å². The van der Waals surface area contributed by atoms with Gasteiger partial charge in [-0.1, -0.05) is 12.1 Å². The first-order valence-electron chi connectivity index (χ1n) is 6.58. The molecule has 4 unspecified atom stereocenters. The van der Waals surface area contributed by atoms with Gasteiger partial charge in [0.15, 0.2) is 0 Å². The number of likely N-dealkylation sites (N-methyl/N-ethyl adjacent to an activating group) is 1. The van der Waals surface area contributed by atoms with Gasteiger partial charge in [0.05, 0.1) is 0 Å². The molecule has 0 N–H and O–H groups in total. The largest absolute Gasteiger partial charge is 0.306 e. The van der Waals surface area contributed by atoms with Gasteiger partial charge in [0.25, 0.3) is 0 Å². The molecule has 2 aliphatic carbocycles. The minimum atomic E-state index is -0.0946. The highest BCUT2D eigenvalue weighted by molar-refractivity contribution is 5.85. The Bertz CT molecular complexity index is 421. The maximum absolute atomic E-state index is 13.4. The topological polar surface area (TPSA) is 3.24 Å². The molecule has 2 saturated carbocycles. The number of hydrogen-bond acceptors (Lipinski definition) is 1. The molecule has 2 fully saturated rings. The first-order chi connectivity index (χ1) is 8.16. The molecule has 0 saturated heterocycles. The van der Waals surface area contributed by atoms with Crippen LogP contribution < -0.4 is 0 Å². The summed E-state index contributed by atoms with van der Waals surface area (Å²) in [7, 11) is 4.33. The van der Waals surface area contributed by atoms with Crippen molar-refractivity contribution in [1.82, 2.24) is 4.90 Å². The van der Waals surface area contributed by atoms with Crippen LogP contribution in [0, 0.1) is 17.7 Å². The fourth-order valence-electron chi connectivity index (χ4n) is 4.19. The van der Waals surface area contributed by atoms with Gasteiger partial charge in [0.1, 0.15) is 5.82 Å². The lowest BCUT2D eigenvalue weighted by Gasteiger charge is -2.36. The third-order valence-electron chi connectivity index (χ3n) is 4.70. The van der Waals surface area contributed by atoms with E-state index in [9.17, 15) is 4.39 Å². The maximum Gasteiger partial charge on any atom is 0.123 e. The summed E-state index contributed by atoms with van der Waals surface area (Å²) in [4.78, 5) is 2.35. The van der Waals surface area contributed by atoms with E-state index < -0.39 is 0 Å². The van der Waals surface area contributed by atoms with Crippen LogP contribution in [0.15, 0.2) is 24.3 Å². The van der Waals surface area contributed by atoms with E-state index in [0.29, 0.717) is 12.0 Å². The van der Waals surface area contributed by atoms with E-state index in [-0.39, 0.29) is 18.2 Å². The molecule has 0 spiro atoms. The van der Waals surface area contributed by atoms with E-state index in [1.54, 1.807) is 12.1 Å². The lowest BCUT2D eigenvalue weighted by Crippen LogP contribution is -2.38. The molecule has 1 aromatic rings. The zero-order chi connectivity index (χ0) is 12.0. The van der Waals surface area contributed by atoms with E-state index in [1.807, 2.05) is 6.07 Å². The standard InChI is InChI=1S/C15H20FN.ClH/c1-17(2)15-12-7-6-11(8-12)14(15)10-4-3-5-13(16)9-10;/h3-5,9,11-12,14-15H,6-8H2,1-2H3;1H. The molecule has 0 radical (unpaired) electrons. The van der Waals surface area contributed by atoms with Gasteiger partial charge in [-0.2, -0.15) is 0 Å². The molecule has 4 atom stereocenters. The van der Waals surface area contributed by atoms with Crippen LogP contribution in [0.2, 0.25) is 0 Å². The fraction of sp³-hybridized carbons (Fsp3) is 0.600. The van der Waals surface area contributed by atoms with Crippen LogP contribution >= 0.6 is 12.4 Å². The summed E-state index contributed by atoms with van der Waals surface area (Å²) >= 11 is 0. The van der Waals surface area contributed by atoms with Crippen molar-refractivity contribution in [3.05, 3.63) is 35.6 Å². The summed E-state index contributed by atoms with van der Waals surface area (Å²) in [6.07, 6.45) is 4.03. The Balaban J connectivity index is 0.00000120. The molecule has 0 aromatic heterocycles. The average molecular weight is 270 g/mol. The highest BCUT2D eigenvalue weighted by Gasteiger charge is 2.48. The van der Waals surface area contributed by atoms with Crippen molar-refractivity contribution in [3.8, 4) is 0 Å². The number of halogens is 2. The highest BCUT2D eigenvalue weighted by atomic mass is 35.5. The van der Waals surface area contributed by atoms with Crippen LogP contribution in [-0.2, 0) is 0 Å². The van der Waals surface area contributed by atoms with Crippen LogP contribution in [0.3, 0.4) is 0 Å². The number of benzene rings is 1. The molecule has 0 amide bonds. The summed E-state index contributed by atoms with van der Waals surface area (Å²) in [5.74, 6) is 2.04. The van der Waals surface area contributed by atoms with Gasteiger partial charge >= 0.3 is 0 Å². The van der Waals surface area contributed by atoms with Crippen molar-refractivity contribution < 1.29 is 4.39 Å². The van der Waals surface area contributed by atoms with Crippen LogP contribution in [0.4, 0.5) is 4.39 Å². The maximum atomic E-state index is 13.4. The van der Waals surface area contributed by atoms with Crippen LogP contribution in [0.25, 0.3) is 0 Å². The van der Waals surface area contributed by atoms with Gasteiger partial charge < -0.3 is 4.90 Å². The summed E-state index contributed by atoms with van der Waals surface area (Å²) in [6.45, 7) is 0. The minimum Gasteiger partial charge on any atom is -0.306 e. The highest BCUT2D eigenvalue weighted by Crippen LogP contribution is 2.54. The number of rotatable bonds is 2. The molecule has 3 heteroatoms. The van der Waals surface area contributed by atoms with Gasteiger partial charge in [-0.05, 0) is 62.9 Å². The lowest BCUT2D eigenvalue weighted by atomic mass is 9.79. The van der Waals surface area contributed by atoms with E-state index in [0.717, 1.165) is 11.8 Å². The number of fused-ring (bicyclic) bond motifs is 2. The van der Waals surface area contributed by atoms with Gasteiger partial charge in [0, 0.05) is 12.0 Å². The Morgan fingerprint density at radius 1 is 1.17 bits per heavy atom. The first-order valence-corrected chi connectivity index (χ1v) is 6.58. The summed E-state index contributed by atoms with van der Waals surface area (Å²) < 4.78 is 13.4. The van der Waals surface area contributed by atoms with E-state index in [1.165, 1.54) is 24.8 Å². The Kier molecular flexibility index (Phi) is 3.98. The van der Waals surface area contributed by atoms with Crippen LogP contribution in [0.5, 0.6) is 0 Å². The van der Waals surface area contributed by atoms with Crippen molar-refractivity contribution in [2.75, 3.05) is 14.1 Å². The molecule has 1 aromatic carbocycles. The molecule has 100 valence electrons. The van der Waals surface area contributed by atoms with Crippen LogP contribution in [0.1, 0.15) is 30.7 Å². The van der Waals surface area contributed by atoms with E-state index in [2.05, 4.69) is 25.1 Å². The monoisotopic (exact) mass is 269 g/mol. The van der Waals surface area contributed by atoms with Crippen molar-refractivity contribution in [3.63, 3.8) is 0 Å². The zero-order valence-corrected chi connectivity index (χ0v) is 11.8. The lowest BCUT2D eigenvalue weighted by molar-refractivity contribution is 0.185. The normalized spacial score (nSPS) is 33.8. The summed E-state index contributed by atoms with van der Waals surface area (Å²) in [5, 5.41) is 0. The molecule has 18 heavy (non-hydrogen) atoms. The molecular formula is C15H21ClFN. The third-order valence-corrected chi connectivity index (χ3v) is 4.70. The fourth-order valence-corrected chi connectivity index (χ4v) is 4.19. The van der Waals surface area contributed by atoms with E-state index >= 15 is 0 Å². The molecule has 2 bridgehead atoms. The minimum absolute atomic E-state index is 0. The molecule has 2 aliphatic rings. The zero-order valence-electron chi connectivity index (χ0n) is 11.0. The average Bonchev–Trinajstić information content (AvgIpc) is 2.88. The molecule has 0 aliphatic heterocycles. The Morgan fingerprint density at radius 2 is 1.89 bits per heavy atom. The van der Waals surface area contributed by atoms with Gasteiger partial charge in [-0.15, -0.1) is 12.4 Å². The van der Waals surface area contributed by atoms with Gasteiger partial charge in [0.2, 0.25) is 0 Å². The summed E-state index contributed by atoms with van der Waals surface area (Å²) in [6, 6.07) is 7.84. The number of hydrogen-bond donors (Lipinski definition) is 0. The molecule has 0 heterocycles. The number of nitrogens with zero attached hydrogens (tertiary/aromatic N) is 1. The van der Waals surface area contributed by atoms with Gasteiger partial charge in [-0.3, -0.25) is 0 Å². The molecule has 3 rings (SSSR count). The predicted molar refractivity (Wildman–Crippen MR) is 74.7 cm³/mol. The van der Waals surface area contributed by atoms with Crippen LogP contribution in [-0.4, -0.2) is 25.0 Å². The Hall–Kier alpha value is -0.600. The third kappa shape index (κ3) is 2.17. The Morgan fingerprint density at radius 3 is 2.56 bits per heavy atom. The summed E-state index contributed by atoms with van der Waals surface area (Å²) in [5.41, 5.74) is 1.20. The van der Waals surface area contributed by atoms with E-state index in [4.69, 9.17) is 0 Å². The quantitative estimate of drug-likeness (QED) is 0.792. The van der Waals surface area contributed by atoms with Crippen molar-refractivity contribution in [2.45, 2.75) is 31.2 Å². The first kappa shape index (κ1) is 13.8. The Labute approximate surface area is 115 Å². The second kappa shape index (κ2) is 5.18. The molecule has 1 nitrogen and oxygen atoms in total.